The molecular formula is C17H21Cl3N2O-2. The summed E-state index contributed by atoms with van der Waals surface area (Å²) in [6.07, 6.45) is 2.53. The van der Waals surface area contributed by atoms with E-state index in [1.54, 1.807) is 0 Å². The van der Waals surface area contributed by atoms with Crippen LogP contribution in [0.1, 0.15) is 18.6 Å². The van der Waals surface area contributed by atoms with E-state index in [4.69, 9.17) is 16.0 Å². The minimum atomic E-state index is 0. The van der Waals surface area contributed by atoms with Gasteiger partial charge in [0.15, 0.2) is 0 Å². The lowest BCUT2D eigenvalue weighted by Gasteiger charge is -2.22. The molecule has 0 radical (unpaired) electrons. The molecule has 1 saturated heterocycles. The van der Waals surface area contributed by atoms with Crippen LogP contribution in [-0.4, -0.2) is 19.6 Å². The van der Waals surface area contributed by atoms with Crippen molar-refractivity contribution in [2.24, 2.45) is 5.92 Å². The van der Waals surface area contributed by atoms with Crippen LogP contribution in [0, 0.1) is 5.92 Å². The number of piperidine rings is 1. The Labute approximate surface area is 155 Å². The van der Waals surface area contributed by atoms with Crippen LogP contribution in [0.5, 0.6) is 0 Å². The van der Waals surface area contributed by atoms with Gasteiger partial charge in [-0.1, -0.05) is 11.6 Å². The highest BCUT2D eigenvalue weighted by Crippen LogP contribution is 2.23. The van der Waals surface area contributed by atoms with Gasteiger partial charge < -0.3 is 39.9 Å². The van der Waals surface area contributed by atoms with Crippen molar-refractivity contribution in [2.75, 3.05) is 19.6 Å². The normalized spacial score (nSPS) is 14.8. The first-order valence-corrected chi connectivity index (χ1v) is 7.95. The van der Waals surface area contributed by atoms with Gasteiger partial charge >= 0.3 is 0 Å². The molecule has 0 spiro atoms. The van der Waals surface area contributed by atoms with E-state index in [2.05, 4.69) is 10.6 Å². The summed E-state index contributed by atoms with van der Waals surface area (Å²) in [5.74, 6) is 2.66. The van der Waals surface area contributed by atoms with Gasteiger partial charge in [-0.25, -0.2) is 0 Å². The van der Waals surface area contributed by atoms with Crippen molar-refractivity contribution >= 4 is 11.6 Å². The average Bonchev–Trinajstić information content (AvgIpc) is 2.98. The zero-order valence-electron chi connectivity index (χ0n) is 12.8. The summed E-state index contributed by atoms with van der Waals surface area (Å²) < 4.78 is 5.88. The second kappa shape index (κ2) is 10.2. The number of rotatable bonds is 5. The maximum atomic E-state index is 5.90. The number of furan rings is 1. The Kier molecular flexibility index (Phi) is 9.03. The van der Waals surface area contributed by atoms with E-state index >= 15 is 0 Å². The van der Waals surface area contributed by atoms with Crippen LogP contribution < -0.4 is 35.4 Å². The molecule has 1 aromatic heterocycles. The van der Waals surface area contributed by atoms with Crippen LogP contribution in [0.25, 0.3) is 11.3 Å². The number of nitrogens with one attached hydrogen (secondary N) is 2. The topological polar surface area (TPSA) is 37.2 Å². The van der Waals surface area contributed by atoms with Crippen LogP contribution in [-0.2, 0) is 6.54 Å². The number of benzene rings is 1. The van der Waals surface area contributed by atoms with Crippen molar-refractivity contribution < 1.29 is 29.2 Å². The molecule has 2 aromatic rings. The molecule has 2 heterocycles. The predicted octanol–water partition coefficient (Wildman–Crippen LogP) is -2.30. The van der Waals surface area contributed by atoms with E-state index in [1.807, 2.05) is 36.4 Å². The highest BCUT2D eigenvalue weighted by molar-refractivity contribution is 6.30. The highest BCUT2D eigenvalue weighted by Gasteiger charge is 2.12. The van der Waals surface area contributed by atoms with Crippen molar-refractivity contribution in [3.8, 4) is 11.3 Å². The summed E-state index contributed by atoms with van der Waals surface area (Å²) in [7, 11) is 0. The zero-order chi connectivity index (χ0) is 14.5. The lowest BCUT2D eigenvalue weighted by molar-refractivity contribution is -0.00100. The molecule has 6 heteroatoms. The van der Waals surface area contributed by atoms with E-state index in [0.717, 1.165) is 54.2 Å². The smallest absolute Gasteiger partial charge is 0.134 e. The van der Waals surface area contributed by atoms with E-state index < -0.39 is 0 Å². The molecule has 3 rings (SSSR count). The minimum absolute atomic E-state index is 0. The minimum Gasteiger partial charge on any atom is -1.00 e. The van der Waals surface area contributed by atoms with Crippen LogP contribution >= 0.6 is 11.6 Å². The maximum absolute atomic E-state index is 5.90. The molecule has 0 aliphatic carbocycles. The molecule has 1 aromatic carbocycles. The van der Waals surface area contributed by atoms with Gasteiger partial charge in [0.2, 0.25) is 0 Å². The van der Waals surface area contributed by atoms with Crippen molar-refractivity contribution in [1.82, 2.24) is 10.6 Å². The third-order valence-electron chi connectivity index (χ3n) is 3.98. The molecule has 0 atom stereocenters. The Bertz CT molecular complexity index is 565. The second-order valence-corrected chi connectivity index (χ2v) is 6.03. The van der Waals surface area contributed by atoms with Gasteiger partial charge in [0.25, 0.3) is 0 Å². The molecule has 0 unspecified atom stereocenters. The highest BCUT2D eigenvalue weighted by atomic mass is 35.5. The number of halogens is 3. The first-order valence-electron chi connectivity index (χ1n) is 7.57. The fourth-order valence-electron chi connectivity index (χ4n) is 2.73. The Morgan fingerprint density at radius 3 is 2.43 bits per heavy atom. The van der Waals surface area contributed by atoms with Crippen molar-refractivity contribution in [3.63, 3.8) is 0 Å². The summed E-state index contributed by atoms with van der Waals surface area (Å²) in [5, 5.41) is 7.64. The molecule has 1 aliphatic rings. The largest absolute Gasteiger partial charge is 1.00 e. The lowest BCUT2D eigenvalue weighted by atomic mass is 9.98. The van der Waals surface area contributed by atoms with Crippen molar-refractivity contribution in [2.45, 2.75) is 19.4 Å². The number of hydrogen-bond acceptors (Lipinski definition) is 3. The summed E-state index contributed by atoms with van der Waals surface area (Å²) in [4.78, 5) is 0. The molecule has 0 amide bonds. The summed E-state index contributed by atoms with van der Waals surface area (Å²) >= 11 is 5.90. The lowest BCUT2D eigenvalue weighted by Crippen LogP contribution is -3.00. The molecule has 0 bridgehead atoms. The first-order chi connectivity index (χ1) is 10.3. The fourth-order valence-corrected chi connectivity index (χ4v) is 2.85. The molecule has 2 N–H and O–H groups in total. The molecule has 1 aliphatic heterocycles. The van der Waals surface area contributed by atoms with Gasteiger partial charge in [0.05, 0.1) is 6.54 Å². The van der Waals surface area contributed by atoms with Gasteiger partial charge in [-0.05, 0) is 74.8 Å². The Morgan fingerprint density at radius 2 is 1.74 bits per heavy atom. The quantitative estimate of drug-likeness (QED) is 0.617. The monoisotopic (exact) mass is 374 g/mol. The van der Waals surface area contributed by atoms with E-state index in [9.17, 15) is 0 Å². The maximum Gasteiger partial charge on any atom is 0.134 e. The third kappa shape index (κ3) is 6.02. The fraction of sp³-hybridized carbons (Fsp3) is 0.412. The molecule has 3 nitrogen and oxygen atoms in total. The van der Waals surface area contributed by atoms with Crippen molar-refractivity contribution in [1.29, 1.82) is 0 Å². The Hall–Kier alpha value is -0.710. The van der Waals surface area contributed by atoms with Gasteiger partial charge in [0.1, 0.15) is 11.5 Å². The first kappa shape index (κ1) is 20.3. The third-order valence-corrected chi connectivity index (χ3v) is 4.23. The van der Waals surface area contributed by atoms with Gasteiger partial charge in [-0.15, -0.1) is 0 Å². The van der Waals surface area contributed by atoms with Crippen molar-refractivity contribution in [3.05, 3.63) is 47.2 Å². The van der Waals surface area contributed by atoms with E-state index in [1.165, 1.54) is 12.8 Å². The molecule has 23 heavy (non-hydrogen) atoms. The van der Waals surface area contributed by atoms with Gasteiger partial charge in [0, 0.05) is 10.6 Å². The summed E-state index contributed by atoms with van der Waals surface area (Å²) in [5.41, 5.74) is 1.06. The molecule has 0 saturated carbocycles. The second-order valence-electron chi connectivity index (χ2n) is 5.60. The van der Waals surface area contributed by atoms with Crippen LogP contribution in [0.15, 0.2) is 40.8 Å². The van der Waals surface area contributed by atoms with Crippen LogP contribution in [0.3, 0.4) is 0 Å². The molecule has 1 fully saturated rings. The number of hydrogen-bond donors (Lipinski definition) is 2. The Morgan fingerprint density at radius 1 is 1.04 bits per heavy atom. The summed E-state index contributed by atoms with van der Waals surface area (Å²) in [6, 6.07) is 11.8. The average molecular weight is 376 g/mol. The van der Waals surface area contributed by atoms with E-state index in [-0.39, 0.29) is 24.8 Å². The van der Waals surface area contributed by atoms with Crippen LogP contribution in [0.4, 0.5) is 0 Å². The molecular weight excluding hydrogens is 355 g/mol. The summed E-state index contributed by atoms with van der Waals surface area (Å²) in [6.45, 7) is 4.15. The van der Waals surface area contributed by atoms with Gasteiger partial charge in [-0.3, -0.25) is 0 Å². The molecule has 128 valence electrons. The SMILES string of the molecule is Clc1ccc(-c2ccc(CNCC3CCNCC3)o2)cc1.[Cl-].[Cl-]. The zero-order valence-corrected chi connectivity index (χ0v) is 15.1. The van der Waals surface area contributed by atoms with Crippen LogP contribution in [0.2, 0.25) is 5.02 Å². The predicted molar refractivity (Wildman–Crippen MR) is 86.5 cm³/mol. The van der Waals surface area contributed by atoms with E-state index in [0.29, 0.717) is 0 Å². The van der Waals surface area contributed by atoms with Gasteiger partial charge in [-0.2, -0.15) is 0 Å². The standard InChI is InChI=1S/C17H21ClN2O.2ClH/c18-15-3-1-14(2-4-15)17-6-5-16(21-17)12-20-11-13-7-9-19-10-8-13;;/h1-6,13,19-20H,7-12H2;2*1H/p-2. The Balaban J connectivity index is 0.00000132.